The Hall–Kier alpha value is 0.134. The Kier molecular flexibility index (Phi) is 6.63. The highest BCUT2D eigenvalue weighted by Gasteiger charge is 2.11. The van der Waals surface area contributed by atoms with Gasteiger partial charge in [0.2, 0.25) is 0 Å². The minimum absolute atomic E-state index is 0.445. The highest BCUT2D eigenvalue weighted by atomic mass is 28.2. The summed E-state index contributed by atoms with van der Waals surface area (Å²) in [5.74, 6) is 0. The van der Waals surface area contributed by atoms with Crippen LogP contribution in [0.5, 0.6) is 0 Å². The molecular formula is C10H20OSi2. The molecule has 0 aromatic carbocycles. The summed E-state index contributed by atoms with van der Waals surface area (Å²) in [7, 11) is 1.65. The SMILES string of the molecule is CC(C)=C[Si]CCC[Si]C(C)(C)O. The Labute approximate surface area is 87.3 Å². The van der Waals surface area contributed by atoms with Gasteiger partial charge in [0.05, 0.1) is 19.0 Å². The normalized spacial score (nSPS) is 11.5. The highest BCUT2D eigenvalue weighted by Crippen LogP contribution is 2.05. The van der Waals surface area contributed by atoms with E-state index >= 15 is 0 Å². The van der Waals surface area contributed by atoms with Crippen molar-refractivity contribution in [2.24, 2.45) is 0 Å². The van der Waals surface area contributed by atoms with Crippen molar-refractivity contribution in [3.63, 3.8) is 0 Å². The molecule has 4 radical (unpaired) electrons. The molecule has 3 heteroatoms. The molecular weight excluding hydrogens is 192 g/mol. The molecule has 0 aromatic rings. The fraction of sp³-hybridized carbons (Fsp3) is 0.800. The van der Waals surface area contributed by atoms with Gasteiger partial charge in [-0.1, -0.05) is 24.1 Å². The van der Waals surface area contributed by atoms with Crippen LogP contribution >= 0.6 is 0 Å². The van der Waals surface area contributed by atoms with Crippen molar-refractivity contribution in [3.05, 3.63) is 11.3 Å². The molecule has 74 valence electrons. The van der Waals surface area contributed by atoms with Gasteiger partial charge in [0.1, 0.15) is 0 Å². The molecule has 0 saturated heterocycles. The van der Waals surface area contributed by atoms with Crippen molar-refractivity contribution in [3.8, 4) is 0 Å². The summed E-state index contributed by atoms with van der Waals surface area (Å²) in [6.07, 6.45) is 1.25. The van der Waals surface area contributed by atoms with Crippen molar-refractivity contribution >= 4 is 19.0 Å². The van der Waals surface area contributed by atoms with Crippen molar-refractivity contribution in [2.75, 3.05) is 0 Å². The van der Waals surface area contributed by atoms with E-state index < -0.39 is 5.22 Å². The van der Waals surface area contributed by atoms with E-state index in [2.05, 4.69) is 19.5 Å². The molecule has 0 heterocycles. The van der Waals surface area contributed by atoms with Crippen LogP contribution in [0.1, 0.15) is 34.1 Å². The standard InChI is InChI=1S/C10H20OSi2/c1-9(2)8-12-6-5-7-13-10(3,4)11/h8,11H,5-7H2,1-4H3. The molecule has 13 heavy (non-hydrogen) atoms. The maximum atomic E-state index is 9.47. The summed E-state index contributed by atoms with van der Waals surface area (Å²) in [4.78, 5) is 0. The van der Waals surface area contributed by atoms with Crippen molar-refractivity contribution in [1.29, 1.82) is 0 Å². The molecule has 0 aromatic heterocycles. The first-order valence-corrected chi connectivity index (χ1v) is 7.25. The fourth-order valence-electron chi connectivity index (χ4n) is 0.861. The molecule has 0 atom stereocenters. The summed E-state index contributed by atoms with van der Waals surface area (Å²) in [5.41, 5.74) is 3.73. The van der Waals surface area contributed by atoms with Gasteiger partial charge in [0.25, 0.3) is 0 Å². The Balaban J connectivity index is 3.23. The smallest absolute Gasteiger partial charge is 0.0811 e. The van der Waals surface area contributed by atoms with E-state index in [0.29, 0.717) is 9.52 Å². The first kappa shape index (κ1) is 13.1. The average Bonchev–Trinajstić information content (AvgIpc) is 1.93. The second kappa shape index (κ2) is 6.57. The number of aliphatic hydroxyl groups is 1. The lowest BCUT2D eigenvalue weighted by Crippen LogP contribution is -2.27. The zero-order valence-corrected chi connectivity index (χ0v) is 11.1. The van der Waals surface area contributed by atoms with Crippen LogP contribution in [0.3, 0.4) is 0 Å². The lowest BCUT2D eigenvalue weighted by Gasteiger charge is -2.14. The molecule has 0 bridgehead atoms. The minimum Gasteiger partial charge on any atom is -0.395 e. The molecule has 0 unspecified atom stereocenters. The average molecular weight is 212 g/mol. The van der Waals surface area contributed by atoms with Gasteiger partial charge < -0.3 is 5.11 Å². The predicted molar refractivity (Wildman–Crippen MR) is 61.5 cm³/mol. The minimum atomic E-state index is -0.445. The zero-order valence-electron chi connectivity index (χ0n) is 9.15. The van der Waals surface area contributed by atoms with Crippen LogP contribution in [-0.2, 0) is 0 Å². The van der Waals surface area contributed by atoms with Crippen LogP contribution in [0, 0.1) is 0 Å². The fourth-order valence-corrected chi connectivity index (χ4v) is 3.11. The summed E-state index contributed by atoms with van der Waals surface area (Å²) in [6, 6.07) is 2.46. The van der Waals surface area contributed by atoms with Crippen molar-refractivity contribution in [2.45, 2.75) is 51.4 Å². The first-order valence-electron chi connectivity index (χ1n) is 4.76. The second-order valence-corrected chi connectivity index (χ2v) is 7.29. The van der Waals surface area contributed by atoms with E-state index in [1.807, 2.05) is 13.8 Å². The van der Waals surface area contributed by atoms with Gasteiger partial charge in [-0.05, 0) is 27.7 Å². The lowest BCUT2D eigenvalue weighted by molar-refractivity contribution is 0.165. The van der Waals surface area contributed by atoms with Crippen molar-refractivity contribution < 1.29 is 5.11 Å². The molecule has 0 amide bonds. The van der Waals surface area contributed by atoms with E-state index in [-0.39, 0.29) is 0 Å². The topological polar surface area (TPSA) is 20.2 Å². The third-order valence-electron chi connectivity index (χ3n) is 1.45. The van der Waals surface area contributed by atoms with Crippen LogP contribution in [0.4, 0.5) is 0 Å². The van der Waals surface area contributed by atoms with Gasteiger partial charge in [-0.25, -0.2) is 0 Å². The second-order valence-electron chi connectivity index (χ2n) is 4.02. The van der Waals surface area contributed by atoms with E-state index in [1.54, 1.807) is 0 Å². The van der Waals surface area contributed by atoms with Crippen LogP contribution < -0.4 is 0 Å². The molecule has 0 rings (SSSR count). The van der Waals surface area contributed by atoms with Crippen LogP contribution in [0.2, 0.25) is 12.1 Å². The van der Waals surface area contributed by atoms with E-state index in [0.717, 1.165) is 9.52 Å². The highest BCUT2D eigenvalue weighted by molar-refractivity contribution is 6.43. The van der Waals surface area contributed by atoms with Gasteiger partial charge in [0, 0.05) is 5.22 Å². The quantitative estimate of drug-likeness (QED) is 0.529. The number of hydrogen-bond donors (Lipinski definition) is 1. The van der Waals surface area contributed by atoms with Gasteiger partial charge in [-0.3, -0.25) is 0 Å². The maximum absolute atomic E-state index is 9.47. The predicted octanol–water partition coefficient (Wildman–Crippen LogP) is 2.27. The lowest BCUT2D eigenvalue weighted by atomic mass is 10.4. The largest absolute Gasteiger partial charge is 0.395 e. The Morgan fingerprint density at radius 2 is 1.92 bits per heavy atom. The summed E-state index contributed by atoms with van der Waals surface area (Å²) in [5, 5.41) is 9.02. The van der Waals surface area contributed by atoms with Gasteiger partial charge in [-0.15, -0.1) is 5.70 Å². The van der Waals surface area contributed by atoms with Gasteiger partial charge in [-0.2, -0.15) is 0 Å². The van der Waals surface area contributed by atoms with Gasteiger partial charge >= 0.3 is 0 Å². The van der Waals surface area contributed by atoms with Crippen LogP contribution in [-0.4, -0.2) is 29.4 Å². The first-order chi connectivity index (χ1) is 5.92. The Morgan fingerprint density at radius 1 is 1.31 bits per heavy atom. The molecule has 0 saturated carbocycles. The summed E-state index contributed by atoms with van der Waals surface area (Å²) < 4.78 is 0. The molecule has 0 fully saturated rings. The van der Waals surface area contributed by atoms with E-state index in [1.165, 1.54) is 24.1 Å². The maximum Gasteiger partial charge on any atom is 0.0811 e. The number of rotatable bonds is 6. The van der Waals surface area contributed by atoms with Crippen molar-refractivity contribution in [1.82, 2.24) is 0 Å². The number of hydrogen-bond acceptors (Lipinski definition) is 1. The number of allylic oxidation sites excluding steroid dienone is 1. The molecule has 0 aliphatic rings. The Bertz CT molecular complexity index is 155. The molecule has 1 N–H and O–H groups in total. The third kappa shape index (κ3) is 12.1. The Morgan fingerprint density at radius 3 is 2.38 bits per heavy atom. The molecule has 0 aliphatic carbocycles. The molecule has 0 spiro atoms. The van der Waals surface area contributed by atoms with Crippen LogP contribution in [0.15, 0.2) is 11.3 Å². The van der Waals surface area contributed by atoms with Crippen LogP contribution in [0.25, 0.3) is 0 Å². The summed E-state index contributed by atoms with van der Waals surface area (Å²) >= 11 is 0. The van der Waals surface area contributed by atoms with E-state index in [4.69, 9.17) is 0 Å². The third-order valence-corrected chi connectivity index (χ3v) is 4.34. The monoisotopic (exact) mass is 212 g/mol. The molecule has 0 aliphatic heterocycles. The zero-order chi connectivity index (χ0) is 10.3. The van der Waals surface area contributed by atoms with Gasteiger partial charge in [0.15, 0.2) is 0 Å². The summed E-state index contributed by atoms with van der Waals surface area (Å²) in [6.45, 7) is 8.07. The molecule has 1 nitrogen and oxygen atoms in total. The van der Waals surface area contributed by atoms with E-state index in [9.17, 15) is 5.11 Å².